The predicted octanol–water partition coefficient (Wildman–Crippen LogP) is 18.7. The summed E-state index contributed by atoms with van der Waals surface area (Å²) in [5.74, 6) is -11.5. The first kappa shape index (κ1) is 100. The number of esters is 3. The molecule has 9 aromatic rings. The largest absolute Gasteiger partial charge is 2.00 e. The zero-order chi connectivity index (χ0) is 94.8. The van der Waals surface area contributed by atoms with Gasteiger partial charge < -0.3 is 59.4 Å². The van der Waals surface area contributed by atoms with Crippen LogP contribution >= 0.6 is 0 Å². The summed E-state index contributed by atoms with van der Waals surface area (Å²) in [5, 5.41) is 28.8. The van der Waals surface area contributed by atoms with E-state index in [1.165, 1.54) is 21.3 Å². The van der Waals surface area contributed by atoms with Crippen molar-refractivity contribution < 1.29 is 109 Å². The van der Waals surface area contributed by atoms with E-state index in [9.17, 15) is 58.5 Å². The van der Waals surface area contributed by atoms with Crippen molar-refractivity contribution in [3.63, 3.8) is 0 Å². The van der Waals surface area contributed by atoms with Gasteiger partial charge in [-0.2, -0.15) is 0 Å². The van der Waals surface area contributed by atoms with Crippen LogP contribution in [0.25, 0.3) is 118 Å². The molecule has 27 nitrogen and oxygen atoms in total. The summed E-state index contributed by atoms with van der Waals surface area (Å²) in [4.78, 5) is 176. The van der Waals surface area contributed by atoms with Crippen LogP contribution in [0.15, 0.2) is 74.3 Å². The Morgan fingerprint density at radius 1 is 0.363 bits per heavy atom. The Bertz CT molecular complexity index is 6690. The van der Waals surface area contributed by atoms with E-state index in [0.717, 1.165) is 153 Å². The molecular weight excluding hydrogens is 1810 g/mol. The number of carboxylic acid groups (broad SMARTS) is 3. The summed E-state index contributed by atoms with van der Waals surface area (Å²) in [7, 11) is 3.76. The molecule has 0 spiro atoms. The van der Waals surface area contributed by atoms with E-state index in [4.69, 9.17) is 74.0 Å². The maximum atomic E-state index is 14.0. The van der Waals surface area contributed by atoms with Crippen LogP contribution in [0, 0.1) is 41.5 Å². The molecule has 3 aliphatic carbocycles. The van der Waals surface area contributed by atoms with Crippen LogP contribution < -0.4 is 29.9 Å². The molecule has 15 heterocycles. The minimum atomic E-state index is -1.23. The number of rotatable bonds is 18. The summed E-state index contributed by atoms with van der Waals surface area (Å²) >= 11 is 0. The molecule has 0 amide bonds. The molecule has 0 fully saturated rings. The third-order valence-electron chi connectivity index (χ3n) is 28.2. The number of aryl methyl sites for hydroxylation is 6. The number of carbonyl (C=O) groups is 9. The summed E-state index contributed by atoms with van der Waals surface area (Å²) in [6.45, 7) is 41.9. The molecule has 3 N–H and O–H groups in total. The molecule has 0 radical (unpaired) electrons. The second-order valence-corrected chi connectivity index (χ2v) is 35.2. The first-order chi connectivity index (χ1) is 63.0. The van der Waals surface area contributed by atoms with Crippen molar-refractivity contribution in [2.75, 3.05) is 21.3 Å². The number of carboxylic acids is 3. The summed E-state index contributed by atoms with van der Waals surface area (Å²) < 4.78 is 15.3. The number of ether oxygens (including phenoxy) is 3. The van der Waals surface area contributed by atoms with Gasteiger partial charge in [-0.05, 0) is 168 Å². The molecule has 18 rings (SSSR count). The van der Waals surface area contributed by atoms with Crippen molar-refractivity contribution in [2.45, 2.75) is 215 Å². The number of nitrogens with zero attached hydrogens (tertiary/aromatic N) is 12. The maximum absolute atomic E-state index is 14.0. The Morgan fingerprint density at radius 2 is 0.593 bits per heavy atom. The van der Waals surface area contributed by atoms with Gasteiger partial charge in [0.15, 0.2) is 17.3 Å². The van der Waals surface area contributed by atoms with Crippen molar-refractivity contribution in [3.8, 4) is 0 Å². The Hall–Kier alpha value is -12.5. The molecular formula is C105H102FeMgN12O15Zn. The second kappa shape index (κ2) is 39.1. The first-order valence-corrected chi connectivity index (χ1v) is 44.5. The van der Waals surface area contributed by atoms with E-state index < -0.39 is 53.6 Å². The van der Waals surface area contributed by atoms with Crippen LogP contribution in [-0.2, 0) is 79.5 Å². The number of hydrogen-bond acceptors (Lipinski definition) is 18. The fourth-order valence-electron chi connectivity index (χ4n) is 20.8. The number of aliphatic carboxylic acids is 3. The van der Waals surface area contributed by atoms with Gasteiger partial charge in [0, 0.05) is 106 Å². The smallest absolute Gasteiger partial charge is 0.657 e. The van der Waals surface area contributed by atoms with Crippen LogP contribution in [0.4, 0.5) is 0 Å². The van der Waals surface area contributed by atoms with Gasteiger partial charge >= 0.3 is 95.4 Å². The zero-order valence-electron chi connectivity index (χ0n) is 79.0. The number of carbonyl (C=O) groups excluding carboxylic acids is 6. The number of Topliss-reactive ketones (excluding diaryl/α,β-unsaturated/α-hetero) is 3. The number of hydrogen-bond donors (Lipinski definition) is 3. The van der Waals surface area contributed by atoms with Gasteiger partial charge in [-0.3, -0.25) is 58.1 Å². The number of aromatic nitrogens is 12. The topological polar surface area (TPSA) is 404 Å². The van der Waals surface area contributed by atoms with Gasteiger partial charge in [0.05, 0.1) is 55.5 Å². The number of fused-ring (bicyclic) bond motifs is 24. The third kappa shape index (κ3) is 16.9. The molecule has 0 unspecified atom stereocenters. The van der Waals surface area contributed by atoms with Gasteiger partial charge in [-0.1, -0.05) is 167 Å². The molecule has 24 bridgehead atoms. The van der Waals surface area contributed by atoms with E-state index in [1.54, 1.807) is 18.2 Å². The Labute approximate surface area is 819 Å². The van der Waals surface area contributed by atoms with Gasteiger partial charge in [0.2, 0.25) is 0 Å². The molecule has 684 valence electrons. The van der Waals surface area contributed by atoms with Gasteiger partial charge in [-0.15, -0.1) is 66.2 Å². The van der Waals surface area contributed by atoms with Crippen molar-refractivity contribution in [1.29, 1.82) is 0 Å². The van der Waals surface area contributed by atoms with E-state index in [-0.39, 0.29) is 151 Å². The van der Waals surface area contributed by atoms with Crippen molar-refractivity contribution in [3.05, 3.63) is 226 Å². The Morgan fingerprint density at radius 3 is 0.807 bits per heavy atom. The van der Waals surface area contributed by atoms with Gasteiger partial charge in [0.1, 0.15) is 17.8 Å². The molecule has 6 aliphatic heterocycles. The van der Waals surface area contributed by atoms with Gasteiger partial charge in [-0.25, -0.2) is 15.0 Å². The molecule has 30 heteroatoms. The third-order valence-corrected chi connectivity index (χ3v) is 28.2. The molecule has 0 aromatic carbocycles. The number of allylic oxidation sites excluding steroid dienone is 6. The predicted molar refractivity (Wildman–Crippen MR) is 511 cm³/mol. The van der Waals surface area contributed by atoms with E-state index in [0.29, 0.717) is 117 Å². The second-order valence-electron chi connectivity index (χ2n) is 35.2. The molecule has 9 aromatic heterocycles. The van der Waals surface area contributed by atoms with Crippen LogP contribution in [0.3, 0.4) is 0 Å². The van der Waals surface area contributed by atoms with E-state index in [1.807, 2.05) is 138 Å². The summed E-state index contributed by atoms with van der Waals surface area (Å²) in [5.41, 5.74) is 31.8. The quantitative estimate of drug-likeness (QED) is 0.0311. The van der Waals surface area contributed by atoms with Crippen molar-refractivity contribution in [2.24, 2.45) is 0 Å². The summed E-state index contributed by atoms with van der Waals surface area (Å²) in [6.07, 6.45) is 8.15. The van der Waals surface area contributed by atoms with Crippen LogP contribution in [-0.4, -0.2) is 143 Å². The first-order valence-electron chi connectivity index (χ1n) is 44.5. The number of methoxy groups -OCH3 is 3. The van der Waals surface area contributed by atoms with Crippen LogP contribution in [0.5, 0.6) is 0 Å². The zero-order valence-corrected chi connectivity index (χ0v) is 84.5. The van der Waals surface area contributed by atoms with E-state index in [2.05, 4.69) is 40.5 Å². The van der Waals surface area contributed by atoms with Crippen LogP contribution in [0.1, 0.15) is 340 Å². The molecule has 0 saturated carbocycles. The molecule has 135 heavy (non-hydrogen) atoms. The average molecular weight is 1920 g/mol. The Kier molecular flexibility index (Phi) is 29.0. The van der Waals surface area contributed by atoms with E-state index >= 15 is 0 Å². The van der Waals surface area contributed by atoms with Gasteiger partial charge in [0.25, 0.3) is 0 Å². The minimum absolute atomic E-state index is 0. The normalized spacial score (nSPS) is 18.6. The fraction of sp³-hybridized carbons (Fsp3) is 0.343. The van der Waals surface area contributed by atoms with Crippen LogP contribution in [0.2, 0.25) is 0 Å². The Balaban J connectivity index is 0.000000170. The fourth-order valence-corrected chi connectivity index (χ4v) is 20.8. The molecule has 9 aliphatic rings. The standard InChI is InChI=1S/3C35H36N4O5.Fe.Mg.Zn/c3*1-8-19-15(3)22-12-24-17(5)21(10-11-28(40)41)32(38-24)30-31(35(43)44-7)34(42)29-18(6)25(39-33(29)30)14-27-20(9-2)16(4)23(37-27)13-26(19)36-22;;;/h3*8,12-14,17,21,31H,1,9-11H2,2-7H3,(H3,36,37,38,39,40,41,42);;;/q;;;3*+2/p-6/t3*17-,21-,31+;;;/m000.../s1. The van der Waals surface area contributed by atoms with Crippen molar-refractivity contribution in [1.82, 2.24) is 59.8 Å². The SMILES string of the molecule is C=Cc1c(C)c2cc3nc(c4c5[n-]c(cc6nc(cc1[n-]2)C(C)=C6CC)c(C)c5C(=O)[C@@H]4C(=O)OC)[C@@H](CCC(=O)O)[C@@H]3C.C=Cc1c(C)c2cc3nc(c4c5[n-]c(cc6nc(cc1[n-]2)C(C)=C6CC)c(C)c5C(=O)[C@@H]4C(=O)OC)[C@@H](CCC(=O)O)[C@@H]3C.C=Cc1c(C)c2cc3nc(c4c5[n-]c(cc6nc(cc1[n-]2)C(C)=C6CC)c(C)c5C(=O)[C@@H]4C(=O)OC)[C@@H](CCC(=O)O)[C@@H]3C.[Fe+2].[Mg+2].[Zn+2]. The maximum Gasteiger partial charge on any atom is 2.00 e. The monoisotopic (exact) mass is 1910 g/mol. The average Bonchev–Trinajstić information content (AvgIpc) is 1.57. The minimum Gasteiger partial charge on any atom is -0.657 e. The van der Waals surface area contributed by atoms with Crippen molar-refractivity contribution >= 4 is 194 Å². The molecule has 9 atom stereocenters. The summed E-state index contributed by atoms with van der Waals surface area (Å²) in [6, 6.07) is 17.4. The number of ketones is 3. The molecule has 0 saturated heterocycles.